The first-order chi connectivity index (χ1) is 9.76. The van der Waals surface area contributed by atoms with Gasteiger partial charge in [0.25, 0.3) is 0 Å². The Bertz CT molecular complexity index is 499. The van der Waals surface area contributed by atoms with Crippen LogP contribution >= 0.6 is 11.3 Å². The maximum Gasteiger partial charge on any atom is 0.186 e. The molecule has 0 aromatic carbocycles. The van der Waals surface area contributed by atoms with E-state index in [0.717, 1.165) is 29.1 Å². The second-order valence-corrected chi connectivity index (χ2v) is 7.59. The number of anilines is 1. The van der Waals surface area contributed by atoms with E-state index < -0.39 is 0 Å². The molecule has 4 rings (SSSR count). The van der Waals surface area contributed by atoms with Crippen LogP contribution in [0.15, 0.2) is 0 Å². The van der Waals surface area contributed by atoms with Gasteiger partial charge in [-0.1, -0.05) is 11.3 Å². The summed E-state index contributed by atoms with van der Waals surface area (Å²) in [5.74, 6) is 0.630. The van der Waals surface area contributed by atoms with Crippen molar-refractivity contribution in [3.63, 3.8) is 0 Å². The van der Waals surface area contributed by atoms with E-state index in [-0.39, 0.29) is 6.61 Å². The van der Waals surface area contributed by atoms with E-state index >= 15 is 0 Å². The molecule has 2 unspecified atom stereocenters. The molecule has 1 aromatic heterocycles. The Morgan fingerprint density at radius 1 is 1.30 bits per heavy atom. The van der Waals surface area contributed by atoms with Crippen molar-refractivity contribution >= 4 is 16.5 Å². The summed E-state index contributed by atoms with van der Waals surface area (Å²) in [5, 5.41) is 10.7. The summed E-state index contributed by atoms with van der Waals surface area (Å²) in [7, 11) is 0. The first-order valence-corrected chi connectivity index (χ1v) is 8.69. The molecular formula is C15H23N3OS. The predicted octanol–water partition coefficient (Wildman–Crippen LogP) is 2.19. The van der Waals surface area contributed by atoms with Gasteiger partial charge in [0.15, 0.2) is 5.13 Å². The highest BCUT2D eigenvalue weighted by Gasteiger charge is 2.37. The zero-order chi connectivity index (χ0) is 13.7. The smallest absolute Gasteiger partial charge is 0.186 e. The first-order valence-electron chi connectivity index (χ1n) is 7.87. The first kappa shape index (κ1) is 13.0. The molecule has 4 nitrogen and oxygen atoms in total. The Hall–Kier alpha value is -0.650. The van der Waals surface area contributed by atoms with Gasteiger partial charge < -0.3 is 10.0 Å². The summed E-state index contributed by atoms with van der Waals surface area (Å²) in [4.78, 5) is 11.1. The third-order valence-electron chi connectivity index (χ3n) is 5.01. The van der Waals surface area contributed by atoms with Crippen LogP contribution in [0.3, 0.4) is 0 Å². The Morgan fingerprint density at radius 2 is 2.15 bits per heavy atom. The van der Waals surface area contributed by atoms with Crippen LogP contribution in [-0.4, -0.2) is 46.7 Å². The van der Waals surface area contributed by atoms with E-state index in [1.165, 1.54) is 37.9 Å². The van der Waals surface area contributed by atoms with Crippen LogP contribution < -0.4 is 4.90 Å². The highest BCUT2D eigenvalue weighted by molar-refractivity contribution is 7.15. The standard InChI is InChI=1S/C15H23N3OS/c1-10-7-17-6-2-3-12(17)8-18(10)15-16-14(11-4-5-11)13(9-19)20-15/h10-12,19H,2-9H2,1H3. The lowest BCUT2D eigenvalue weighted by molar-refractivity contribution is 0.203. The number of aromatic nitrogens is 1. The Balaban J connectivity index is 1.59. The second-order valence-electron chi connectivity index (χ2n) is 6.53. The van der Waals surface area contributed by atoms with Gasteiger partial charge in [0, 0.05) is 31.1 Å². The minimum absolute atomic E-state index is 0.154. The predicted molar refractivity (Wildman–Crippen MR) is 81.4 cm³/mol. The maximum atomic E-state index is 9.57. The van der Waals surface area contributed by atoms with Crippen molar-refractivity contribution in [3.05, 3.63) is 10.6 Å². The van der Waals surface area contributed by atoms with E-state index in [0.29, 0.717) is 12.0 Å². The van der Waals surface area contributed by atoms with Crippen LogP contribution in [0.5, 0.6) is 0 Å². The Kier molecular flexibility index (Phi) is 3.24. The van der Waals surface area contributed by atoms with Gasteiger partial charge in [0.05, 0.1) is 17.2 Å². The molecule has 0 bridgehead atoms. The van der Waals surface area contributed by atoms with Crippen molar-refractivity contribution in [2.24, 2.45) is 0 Å². The Labute approximate surface area is 124 Å². The van der Waals surface area contributed by atoms with Crippen LogP contribution in [-0.2, 0) is 6.61 Å². The van der Waals surface area contributed by atoms with Gasteiger partial charge in [-0.05, 0) is 39.2 Å². The van der Waals surface area contributed by atoms with Crippen LogP contribution in [0.25, 0.3) is 0 Å². The fourth-order valence-electron chi connectivity index (χ4n) is 3.72. The summed E-state index contributed by atoms with van der Waals surface area (Å²) in [6.07, 6.45) is 5.18. The van der Waals surface area contributed by atoms with Crippen LogP contribution in [0.1, 0.15) is 49.1 Å². The van der Waals surface area contributed by atoms with Gasteiger partial charge in [-0.25, -0.2) is 4.98 Å². The van der Waals surface area contributed by atoms with Crippen molar-refractivity contribution in [1.29, 1.82) is 0 Å². The molecule has 0 radical (unpaired) electrons. The average Bonchev–Trinajstić information content (AvgIpc) is 3.04. The number of nitrogens with zero attached hydrogens (tertiary/aromatic N) is 3. The Morgan fingerprint density at radius 3 is 2.90 bits per heavy atom. The number of hydrogen-bond donors (Lipinski definition) is 1. The summed E-state index contributed by atoms with van der Waals surface area (Å²) in [5.41, 5.74) is 1.19. The molecule has 20 heavy (non-hydrogen) atoms. The number of piperazine rings is 1. The lowest BCUT2D eigenvalue weighted by atomic mass is 10.1. The van der Waals surface area contributed by atoms with Crippen molar-refractivity contribution in [2.45, 2.75) is 57.2 Å². The molecule has 2 saturated heterocycles. The zero-order valence-corrected chi connectivity index (χ0v) is 12.9. The average molecular weight is 293 g/mol. The van der Waals surface area contributed by atoms with Gasteiger partial charge in [0.2, 0.25) is 0 Å². The number of hydrogen-bond acceptors (Lipinski definition) is 5. The van der Waals surface area contributed by atoms with E-state index in [1.807, 2.05) is 0 Å². The number of aliphatic hydroxyl groups is 1. The van der Waals surface area contributed by atoms with Gasteiger partial charge in [0.1, 0.15) is 0 Å². The van der Waals surface area contributed by atoms with E-state index in [1.54, 1.807) is 11.3 Å². The quantitative estimate of drug-likeness (QED) is 0.927. The largest absolute Gasteiger partial charge is 0.391 e. The molecule has 110 valence electrons. The highest BCUT2D eigenvalue weighted by atomic mass is 32.1. The fraction of sp³-hybridized carbons (Fsp3) is 0.800. The van der Waals surface area contributed by atoms with Crippen LogP contribution in [0.2, 0.25) is 0 Å². The fourth-order valence-corrected chi connectivity index (χ4v) is 4.83. The van der Waals surface area contributed by atoms with Gasteiger partial charge in [-0.15, -0.1) is 0 Å². The third-order valence-corrected chi connectivity index (χ3v) is 6.10. The molecule has 1 aliphatic carbocycles. The van der Waals surface area contributed by atoms with Crippen LogP contribution in [0.4, 0.5) is 5.13 Å². The van der Waals surface area contributed by atoms with Crippen molar-refractivity contribution in [3.8, 4) is 0 Å². The molecular weight excluding hydrogens is 270 g/mol. The molecule has 2 atom stereocenters. The second kappa shape index (κ2) is 4.97. The summed E-state index contributed by atoms with van der Waals surface area (Å²) >= 11 is 1.72. The topological polar surface area (TPSA) is 39.6 Å². The molecule has 3 aliphatic rings. The lowest BCUT2D eigenvalue weighted by Gasteiger charge is -2.42. The lowest BCUT2D eigenvalue weighted by Crippen LogP contribution is -2.55. The van der Waals surface area contributed by atoms with Gasteiger partial charge >= 0.3 is 0 Å². The zero-order valence-electron chi connectivity index (χ0n) is 12.1. The number of fused-ring (bicyclic) bond motifs is 1. The van der Waals surface area contributed by atoms with Crippen LogP contribution in [0, 0.1) is 0 Å². The molecule has 3 heterocycles. The normalized spacial score (nSPS) is 30.8. The molecule has 3 fully saturated rings. The minimum atomic E-state index is 0.154. The number of aliphatic hydroxyl groups excluding tert-OH is 1. The van der Waals surface area contributed by atoms with Gasteiger partial charge in [-0.2, -0.15) is 0 Å². The van der Waals surface area contributed by atoms with Gasteiger partial charge in [-0.3, -0.25) is 4.90 Å². The number of thiazole rings is 1. The molecule has 1 aromatic rings. The molecule has 2 aliphatic heterocycles. The minimum Gasteiger partial charge on any atom is -0.391 e. The summed E-state index contributed by atoms with van der Waals surface area (Å²) in [6.45, 7) is 6.02. The molecule has 0 amide bonds. The van der Waals surface area contributed by atoms with Crippen molar-refractivity contribution in [2.75, 3.05) is 24.5 Å². The monoisotopic (exact) mass is 293 g/mol. The maximum absolute atomic E-state index is 9.57. The number of rotatable bonds is 3. The summed E-state index contributed by atoms with van der Waals surface area (Å²) in [6, 6.07) is 1.26. The van der Waals surface area contributed by atoms with E-state index in [9.17, 15) is 5.11 Å². The molecule has 1 saturated carbocycles. The van der Waals surface area contributed by atoms with Crippen molar-refractivity contribution < 1.29 is 5.11 Å². The van der Waals surface area contributed by atoms with Crippen molar-refractivity contribution in [1.82, 2.24) is 9.88 Å². The highest BCUT2D eigenvalue weighted by Crippen LogP contribution is 2.44. The molecule has 5 heteroatoms. The SMILES string of the molecule is CC1CN2CCCC2CN1c1nc(C2CC2)c(CO)s1. The van der Waals surface area contributed by atoms with E-state index in [2.05, 4.69) is 16.7 Å². The summed E-state index contributed by atoms with van der Waals surface area (Å²) < 4.78 is 0. The molecule has 1 N–H and O–H groups in total. The van der Waals surface area contributed by atoms with E-state index in [4.69, 9.17) is 4.98 Å². The third kappa shape index (κ3) is 2.16. The molecule has 0 spiro atoms.